The van der Waals surface area contributed by atoms with Gasteiger partial charge in [-0.2, -0.15) is 0 Å². The first-order valence-electron chi connectivity index (χ1n) is 9.27. The summed E-state index contributed by atoms with van der Waals surface area (Å²) in [7, 11) is 0. The van der Waals surface area contributed by atoms with Crippen molar-refractivity contribution in [2.45, 2.75) is 33.1 Å². The second-order valence-electron chi connectivity index (χ2n) is 7.80. The predicted octanol–water partition coefficient (Wildman–Crippen LogP) is 5.30. The molecule has 0 spiro atoms. The Balaban J connectivity index is 1.60. The number of nitrogens with zero attached hydrogens (tertiary/aromatic N) is 2. The fourth-order valence-corrected chi connectivity index (χ4v) is 3.20. The van der Waals surface area contributed by atoms with E-state index in [4.69, 9.17) is 9.47 Å². The van der Waals surface area contributed by atoms with Crippen LogP contribution in [0.5, 0.6) is 11.5 Å². The summed E-state index contributed by atoms with van der Waals surface area (Å²) in [6.07, 6.45) is 0. The number of fused-ring (bicyclic) bond motifs is 1. The first-order valence-corrected chi connectivity index (χ1v) is 9.27. The molecule has 0 unspecified atom stereocenters. The number of hydrogen-bond acceptors (Lipinski definition) is 6. The van der Waals surface area contributed by atoms with Crippen molar-refractivity contribution in [1.82, 2.24) is 9.97 Å². The summed E-state index contributed by atoms with van der Waals surface area (Å²) in [4.78, 5) is 9.05. The number of hydrogen-bond donors (Lipinski definition) is 2. The molecule has 144 valence electrons. The van der Waals surface area contributed by atoms with E-state index in [9.17, 15) is 0 Å². The van der Waals surface area contributed by atoms with Crippen LogP contribution in [-0.2, 0) is 5.41 Å². The van der Waals surface area contributed by atoms with Gasteiger partial charge in [-0.25, -0.2) is 9.97 Å². The van der Waals surface area contributed by atoms with E-state index in [1.165, 1.54) is 5.56 Å². The number of anilines is 4. The molecular formula is C22H24N4O2. The zero-order chi connectivity index (χ0) is 19.7. The van der Waals surface area contributed by atoms with Crippen LogP contribution in [-0.4, -0.2) is 16.8 Å². The third-order valence-electron chi connectivity index (χ3n) is 4.48. The van der Waals surface area contributed by atoms with Crippen LogP contribution < -0.4 is 20.1 Å². The third kappa shape index (κ3) is 3.86. The van der Waals surface area contributed by atoms with Gasteiger partial charge in [0.15, 0.2) is 11.5 Å². The van der Waals surface area contributed by atoms with Gasteiger partial charge < -0.3 is 20.1 Å². The van der Waals surface area contributed by atoms with Gasteiger partial charge in [-0.3, -0.25) is 0 Å². The molecule has 1 aliphatic rings. The molecule has 28 heavy (non-hydrogen) atoms. The molecule has 0 bridgehead atoms. The average molecular weight is 376 g/mol. The molecule has 0 atom stereocenters. The predicted molar refractivity (Wildman–Crippen MR) is 111 cm³/mol. The van der Waals surface area contributed by atoms with Gasteiger partial charge >= 0.3 is 0 Å². The van der Waals surface area contributed by atoms with Gasteiger partial charge in [0.25, 0.3) is 0 Å². The lowest BCUT2D eigenvalue weighted by Gasteiger charge is -2.23. The van der Waals surface area contributed by atoms with Crippen molar-refractivity contribution in [2.75, 3.05) is 17.4 Å². The smallest absolute Gasteiger partial charge is 0.231 e. The minimum absolute atomic E-state index is 0.0270. The Labute approximate surface area is 164 Å². The van der Waals surface area contributed by atoms with Gasteiger partial charge in [0, 0.05) is 23.5 Å². The standard InChI is InChI=1S/C22H24N4O2/c1-14-23-20(25-15-9-10-18-19(11-15)28-13-27-18)12-21(24-14)26-17-8-6-5-7-16(17)22(2,3)4/h5-12H,13H2,1-4H3,(H2,23,24,25,26). The van der Waals surface area contributed by atoms with Gasteiger partial charge in [0.1, 0.15) is 17.5 Å². The van der Waals surface area contributed by atoms with Crippen LogP contribution in [0.2, 0.25) is 0 Å². The lowest BCUT2D eigenvalue weighted by molar-refractivity contribution is 0.174. The van der Waals surface area contributed by atoms with E-state index < -0.39 is 0 Å². The summed E-state index contributed by atoms with van der Waals surface area (Å²) >= 11 is 0. The number of ether oxygens (including phenoxy) is 2. The van der Waals surface area contributed by atoms with Crippen LogP contribution in [0, 0.1) is 6.92 Å². The highest BCUT2D eigenvalue weighted by Gasteiger charge is 2.18. The monoisotopic (exact) mass is 376 g/mol. The maximum Gasteiger partial charge on any atom is 0.231 e. The number of nitrogens with one attached hydrogen (secondary N) is 2. The van der Waals surface area contributed by atoms with E-state index in [1.807, 2.05) is 37.3 Å². The second kappa shape index (κ2) is 7.03. The first kappa shape index (κ1) is 18.1. The van der Waals surface area contributed by atoms with Crippen LogP contribution in [0.15, 0.2) is 48.5 Å². The van der Waals surface area contributed by atoms with E-state index in [1.54, 1.807) is 0 Å². The molecule has 4 rings (SSSR count). The average Bonchev–Trinajstić information content (AvgIpc) is 3.08. The van der Waals surface area contributed by atoms with Crippen molar-refractivity contribution in [1.29, 1.82) is 0 Å². The second-order valence-corrected chi connectivity index (χ2v) is 7.80. The van der Waals surface area contributed by atoms with Crippen LogP contribution in [0.3, 0.4) is 0 Å². The molecule has 6 nitrogen and oxygen atoms in total. The topological polar surface area (TPSA) is 68.3 Å². The fraction of sp³-hybridized carbons (Fsp3) is 0.273. The van der Waals surface area contributed by atoms with Crippen molar-refractivity contribution in [3.8, 4) is 11.5 Å². The maximum atomic E-state index is 5.44. The normalized spacial score (nSPS) is 12.7. The summed E-state index contributed by atoms with van der Waals surface area (Å²) in [5.74, 6) is 3.62. The Morgan fingerprint density at radius 2 is 1.57 bits per heavy atom. The quantitative estimate of drug-likeness (QED) is 0.644. The number of benzene rings is 2. The lowest BCUT2D eigenvalue weighted by atomic mass is 9.86. The van der Waals surface area contributed by atoms with Gasteiger partial charge in [-0.15, -0.1) is 0 Å². The highest BCUT2D eigenvalue weighted by Crippen LogP contribution is 2.35. The van der Waals surface area contributed by atoms with Gasteiger partial charge in [0.05, 0.1) is 0 Å². The molecule has 6 heteroatoms. The first-order chi connectivity index (χ1) is 13.4. The van der Waals surface area contributed by atoms with E-state index in [0.717, 1.165) is 28.7 Å². The van der Waals surface area contributed by atoms with Gasteiger partial charge in [-0.05, 0) is 36.1 Å². The molecule has 2 N–H and O–H groups in total. The molecule has 0 fully saturated rings. The molecule has 1 aromatic heterocycles. The van der Waals surface area contributed by atoms with Crippen LogP contribution in [0.25, 0.3) is 0 Å². The minimum Gasteiger partial charge on any atom is -0.454 e. The lowest BCUT2D eigenvalue weighted by Crippen LogP contribution is -2.14. The highest BCUT2D eigenvalue weighted by molar-refractivity contribution is 5.67. The molecular weight excluding hydrogens is 352 g/mol. The Kier molecular flexibility index (Phi) is 4.55. The molecule has 0 saturated carbocycles. The van der Waals surface area contributed by atoms with Crippen molar-refractivity contribution >= 4 is 23.0 Å². The Morgan fingerprint density at radius 1 is 0.857 bits per heavy atom. The van der Waals surface area contributed by atoms with E-state index in [-0.39, 0.29) is 12.2 Å². The van der Waals surface area contributed by atoms with Crippen LogP contribution in [0.1, 0.15) is 32.2 Å². The number of para-hydroxylation sites is 1. The molecule has 0 radical (unpaired) electrons. The Morgan fingerprint density at radius 3 is 2.36 bits per heavy atom. The highest BCUT2D eigenvalue weighted by atomic mass is 16.7. The third-order valence-corrected chi connectivity index (χ3v) is 4.48. The largest absolute Gasteiger partial charge is 0.454 e. The summed E-state index contributed by atoms with van der Waals surface area (Å²) in [5.41, 5.74) is 3.18. The zero-order valence-electron chi connectivity index (χ0n) is 16.5. The Bertz CT molecular complexity index is 1010. The Hall–Kier alpha value is -3.28. The molecule has 0 aliphatic carbocycles. The summed E-state index contributed by atoms with van der Waals surface area (Å²) < 4.78 is 10.8. The van der Waals surface area contributed by atoms with Crippen molar-refractivity contribution < 1.29 is 9.47 Å². The van der Waals surface area contributed by atoms with Crippen molar-refractivity contribution in [3.63, 3.8) is 0 Å². The van der Waals surface area contributed by atoms with Crippen molar-refractivity contribution in [3.05, 3.63) is 59.9 Å². The molecule has 1 aliphatic heterocycles. The summed E-state index contributed by atoms with van der Waals surface area (Å²) in [5, 5.41) is 6.77. The van der Waals surface area contributed by atoms with E-state index in [0.29, 0.717) is 11.6 Å². The van der Waals surface area contributed by atoms with E-state index >= 15 is 0 Å². The van der Waals surface area contributed by atoms with Gasteiger partial charge in [-0.1, -0.05) is 39.0 Å². The number of rotatable bonds is 4. The minimum atomic E-state index is 0.0270. The number of aromatic nitrogens is 2. The molecule has 3 aromatic rings. The number of aryl methyl sites for hydroxylation is 1. The molecule has 2 aromatic carbocycles. The van der Waals surface area contributed by atoms with E-state index in [2.05, 4.69) is 59.6 Å². The van der Waals surface area contributed by atoms with Crippen LogP contribution in [0.4, 0.5) is 23.0 Å². The zero-order valence-corrected chi connectivity index (χ0v) is 16.5. The fourth-order valence-electron chi connectivity index (χ4n) is 3.20. The summed E-state index contributed by atoms with van der Waals surface area (Å²) in [6.45, 7) is 8.74. The van der Waals surface area contributed by atoms with Crippen LogP contribution >= 0.6 is 0 Å². The van der Waals surface area contributed by atoms with Gasteiger partial charge in [0.2, 0.25) is 6.79 Å². The summed E-state index contributed by atoms with van der Waals surface area (Å²) in [6, 6.07) is 15.9. The molecule has 2 heterocycles. The van der Waals surface area contributed by atoms with Crippen molar-refractivity contribution in [2.24, 2.45) is 0 Å². The maximum absolute atomic E-state index is 5.44. The molecule has 0 saturated heterocycles. The molecule has 0 amide bonds. The SMILES string of the molecule is Cc1nc(Nc2ccc3c(c2)OCO3)cc(Nc2ccccc2C(C)(C)C)n1.